The van der Waals surface area contributed by atoms with Gasteiger partial charge in [-0.3, -0.25) is 9.69 Å². The van der Waals surface area contributed by atoms with E-state index in [0.29, 0.717) is 13.0 Å². The molecule has 5 nitrogen and oxygen atoms in total. The lowest BCUT2D eigenvalue weighted by molar-refractivity contribution is -0.161. The summed E-state index contributed by atoms with van der Waals surface area (Å²) in [5.74, 6) is -0.0633. The van der Waals surface area contributed by atoms with Crippen LogP contribution >= 0.6 is 0 Å². The molecule has 1 amide bonds. The molecule has 0 saturated carbocycles. The summed E-state index contributed by atoms with van der Waals surface area (Å²) in [6, 6.07) is 0. The fourth-order valence-electron chi connectivity index (χ4n) is 3.57. The first-order valence-corrected chi connectivity index (χ1v) is 8.70. The number of rotatable bonds is 4. The van der Waals surface area contributed by atoms with Crippen molar-refractivity contribution in [2.75, 3.05) is 52.4 Å². The first kappa shape index (κ1) is 17.7. The van der Waals surface area contributed by atoms with Gasteiger partial charge >= 0.3 is 0 Å². The lowest BCUT2D eigenvalue weighted by Crippen LogP contribution is -2.61. The zero-order valence-electron chi connectivity index (χ0n) is 14.8. The molecule has 1 N–H and O–H groups in total. The van der Waals surface area contributed by atoms with E-state index in [-0.39, 0.29) is 11.3 Å². The van der Waals surface area contributed by atoms with Crippen molar-refractivity contribution >= 4 is 5.91 Å². The van der Waals surface area contributed by atoms with E-state index >= 15 is 0 Å². The highest BCUT2D eigenvalue weighted by Gasteiger charge is 2.44. The molecule has 2 saturated heterocycles. The minimum absolute atomic E-state index is 0.0633. The molecule has 5 heteroatoms. The third-order valence-electron chi connectivity index (χ3n) is 4.77. The minimum Gasteiger partial charge on any atom is -0.379 e. The smallest absolute Gasteiger partial charge is 0.255 e. The Balaban J connectivity index is 1.95. The molecule has 2 fully saturated rings. The third-order valence-corrected chi connectivity index (χ3v) is 4.77. The summed E-state index contributed by atoms with van der Waals surface area (Å²) in [6.07, 6.45) is 1.49. The number of piperidine rings is 1. The molecule has 0 aromatic carbocycles. The highest BCUT2D eigenvalue weighted by Crippen LogP contribution is 2.27. The zero-order chi connectivity index (χ0) is 16.4. The summed E-state index contributed by atoms with van der Waals surface area (Å²) < 4.78 is 0. The number of carbonyl (C=O) groups is 1. The summed E-state index contributed by atoms with van der Waals surface area (Å²) in [4.78, 5) is 19.3. The Bertz CT molecular complexity index is 386. The number of piperazine rings is 1. The van der Waals surface area contributed by atoms with Crippen molar-refractivity contribution in [1.29, 1.82) is 0 Å². The van der Waals surface area contributed by atoms with Crippen molar-refractivity contribution in [2.24, 2.45) is 5.41 Å². The zero-order valence-corrected chi connectivity index (χ0v) is 14.8. The van der Waals surface area contributed by atoms with E-state index in [0.717, 1.165) is 52.2 Å². The normalized spacial score (nSPS) is 29.1. The number of hydrogen-bond acceptors (Lipinski definition) is 4. The Morgan fingerprint density at radius 2 is 1.68 bits per heavy atom. The Morgan fingerprint density at radius 1 is 1.09 bits per heavy atom. The molecule has 2 aliphatic rings. The number of aliphatic hydroxyl groups is 1. The van der Waals surface area contributed by atoms with Crippen LogP contribution in [0.15, 0.2) is 0 Å². The van der Waals surface area contributed by atoms with Crippen molar-refractivity contribution in [1.82, 2.24) is 14.7 Å². The van der Waals surface area contributed by atoms with Gasteiger partial charge < -0.3 is 14.9 Å². The van der Waals surface area contributed by atoms with Crippen LogP contribution in [0.1, 0.15) is 40.5 Å². The SMILES string of the molecule is CCN1CCN(C[C@@]2(O)CCCN(CC(C)(C)C)C2=O)CC1. The van der Waals surface area contributed by atoms with Gasteiger partial charge in [-0.1, -0.05) is 27.7 Å². The van der Waals surface area contributed by atoms with Crippen molar-refractivity contribution in [2.45, 2.75) is 46.1 Å². The summed E-state index contributed by atoms with van der Waals surface area (Å²) in [5.41, 5.74) is -1.11. The van der Waals surface area contributed by atoms with Crippen LogP contribution in [0.4, 0.5) is 0 Å². The maximum atomic E-state index is 12.8. The molecular formula is C17H33N3O2. The fourth-order valence-corrected chi connectivity index (χ4v) is 3.57. The second-order valence-electron chi connectivity index (χ2n) is 8.13. The molecule has 22 heavy (non-hydrogen) atoms. The molecule has 1 atom stereocenters. The summed E-state index contributed by atoms with van der Waals surface area (Å²) in [7, 11) is 0. The van der Waals surface area contributed by atoms with Gasteiger partial charge in [0.05, 0.1) is 0 Å². The summed E-state index contributed by atoms with van der Waals surface area (Å²) in [6.45, 7) is 15.6. The van der Waals surface area contributed by atoms with Crippen LogP contribution in [0.2, 0.25) is 0 Å². The van der Waals surface area contributed by atoms with Crippen LogP contribution in [0, 0.1) is 5.41 Å². The van der Waals surface area contributed by atoms with Crippen molar-refractivity contribution in [3.63, 3.8) is 0 Å². The highest BCUT2D eigenvalue weighted by atomic mass is 16.3. The Hall–Kier alpha value is -0.650. The molecule has 0 spiro atoms. The van der Waals surface area contributed by atoms with E-state index in [1.807, 2.05) is 4.90 Å². The Labute approximate surface area is 135 Å². The summed E-state index contributed by atoms with van der Waals surface area (Å²) in [5, 5.41) is 10.9. The van der Waals surface area contributed by atoms with Gasteiger partial charge in [-0.15, -0.1) is 0 Å². The van der Waals surface area contributed by atoms with Gasteiger partial charge in [0.15, 0.2) is 5.60 Å². The van der Waals surface area contributed by atoms with Gasteiger partial charge in [0.1, 0.15) is 0 Å². The molecule has 0 aromatic rings. The fraction of sp³-hybridized carbons (Fsp3) is 0.941. The van der Waals surface area contributed by atoms with E-state index in [1.54, 1.807) is 0 Å². The molecule has 2 rings (SSSR count). The van der Waals surface area contributed by atoms with Crippen LogP contribution in [0.5, 0.6) is 0 Å². The molecule has 0 aliphatic carbocycles. The second-order valence-corrected chi connectivity index (χ2v) is 8.13. The third kappa shape index (κ3) is 4.43. The number of carbonyl (C=O) groups excluding carboxylic acids is 1. The van der Waals surface area contributed by atoms with Gasteiger partial charge in [0.25, 0.3) is 5.91 Å². The molecule has 2 heterocycles. The Kier molecular flexibility index (Phi) is 5.51. The average Bonchev–Trinajstić information content (AvgIpc) is 2.44. The lowest BCUT2D eigenvalue weighted by Gasteiger charge is -2.44. The minimum atomic E-state index is -1.18. The molecule has 0 bridgehead atoms. The first-order chi connectivity index (χ1) is 10.2. The van der Waals surface area contributed by atoms with Crippen molar-refractivity contribution < 1.29 is 9.90 Å². The number of likely N-dealkylation sites (N-methyl/N-ethyl adjacent to an activating group) is 1. The molecule has 2 aliphatic heterocycles. The molecule has 0 unspecified atom stereocenters. The van der Waals surface area contributed by atoms with E-state index in [2.05, 4.69) is 37.5 Å². The molecule has 0 radical (unpaired) electrons. The van der Waals surface area contributed by atoms with Crippen molar-refractivity contribution in [3.05, 3.63) is 0 Å². The van der Waals surface area contributed by atoms with Crippen LogP contribution in [-0.2, 0) is 4.79 Å². The number of β-amino-alcohol motifs (C(OH)–C–C–N with tert-alkyl or cyclic N) is 1. The van der Waals surface area contributed by atoms with Gasteiger partial charge in [0, 0.05) is 45.8 Å². The quantitative estimate of drug-likeness (QED) is 0.842. The largest absolute Gasteiger partial charge is 0.379 e. The van der Waals surface area contributed by atoms with E-state index < -0.39 is 5.60 Å². The van der Waals surface area contributed by atoms with Gasteiger partial charge in [-0.2, -0.15) is 0 Å². The molecule has 128 valence electrons. The van der Waals surface area contributed by atoms with E-state index in [4.69, 9.17) is 0 Å². The number of hydrogen-bond donors (Lipinski definition) is 1. The van der Waals surface area contributed by atoms with E-state index in [9.17, 15) is 9.90 Å². The number of amides is 1. The standard InChI is InChI=1S/C17H33N3O2/c1-5-18-9-11-19(12-10-18)14-17(22)7-6-8-20(15(17)21)13-16(2,3)4/h22H,5-14H2,1-4H3/t17-/m0/s1. The van der Waals surface area contributed by atoms with Crippen LogP contribution in [0.3, 0.4) is 0 Å². The van der Waals surface area contributed by atoms with Crippen LogP contribution < -0.4 is 0 Å². The highest BCUT2D eigenvalue weighted by molar-refractivity contribution is 5.86. The molecule has 0 aromatic heterocycles. The number of nitrogens with zero attached hydrogens (tertiary/aromatic N) is 3. The predicted molar refractivity (Wildman–Crippen MR) is 88.8 cm³/mol. The van der Waals surface area contributed by atoms with E-state index in [1.165, 1.54) is 0 Å². The lowest BCUT2D eigenvalue weighted by atomic mass is 9.88. The number of likely N-dealkylation sites (tertiary alicyclic amines) is 1. The van der Waals surface area contributed by atoms with Crippen LogP contribution in [0.25, 0.3) is 0 Å². The van der Waals surface area contributed by atoms with Gasteiger partial charge in [-0.25, -0.2) is 0 Å². The predicted octanol–water partition coefficient (Wildman–Crippen LogP) is 1.02. The first-order valence-electron chi connectivity index (χ1n) is 8.70. The summed E-state index contributed by atoms with van der Waals surface area (Å²) >= 11 is 0. The van der Waals surface area contributed by atoms with Gasteiger partial charge in [0.2, 0.25) is 0 Å². The average molecular weight is 311 g/mol. The topological polar surface area (TPSA) is 47.0 Å². The van der Waals surface area contributed by atoms with Gasteiger partial charge in [-0.05, 0) is 24.8 Å². The Morgan fingerprint density at radius 3 is 2.23 bits per heavy atom. The van der Waals surface area contributed by atoms with Crippen molar-refractivity contribution in [3.8, 4) is 0 Å². The maximum Gasteiger partial charge on any atom is 0.255 e. The van der Waals surface area contributed by atoms with Crippen LogP contribution in [-0.4, -0.2) is 83.7 Å². The molecular weight excluding hydrogens is 278 g/mol. The second kappa shape index (κ2) is 6.85. The monoisotopic (exact) mass is 311 g/mol. The maximum absolute atomic E-state index is 12.8.